The third kappa shape index (κ3) is 7.88. The Balaban J connectivity index is 1.66. The van der Waals surface area contributed by atoms with E-state index in [0.717, 1.165) is 5.69 Å². The van der Waals surface area contributed by atoms with Crippen molar-refractivity contribution < 1.29 is 23.0 Å². The Bertz CT molecular complexity index is 1610. The number of carbonyl (C=O) groups excluding carboxylic acids is 1. The van der Waals surface area contributed by atoms with Gasteiger partial charge in [0.2, 0.25) is 5.91 Å². The van der Waals surface area contributed by atoms with Crippen molar-refractivity contribution in [2.24, 2.45) is 0 Å². The topological polar surface area (TPSA) is 112 Å². The number of carbonyl (C=O) groups is 1. The van der Waals surface area contributed by atoms with Gasteiger partial charge in [-0.15, -0.1) is 0 Å². The number of anilines is 3. The third-order valence-corrected chi connectivity index (χ3v) is 5.90. The average Bonchev–Trinajstić information content (AvgIpc) is 2.93. The first-order valence-corrected chi connectivity index (χ1v) is 12.6. The van der Waals surface area contributed by atoms with Gasteiger partial charge in [0.25, 0.3) is 0 Å². The van der Waals surface area contributed by atoms with Gasteiger partial charge in [0.1, 0.15) is 18.4 Å². The van der Waals surface area contributed by atoms with Crippen LogP contribution in [0.15, 0.2) is 73.1 Å². The van der Waals surface area contributed by atoms with Gasteiger partial charge in [-0.3, -0.25) is 14.8 Å². The average molecular weight is 579 g/mol. The minimum atomic E-state index is -3.14. The molecule has 4 aromatic rings. The van der Waals surface area contributed by atoms with E-state index in [1.807, 2.05) is 37.2 Å². The summed E-state index contributed by atoms with van der Waals surface area (Å²) < 4.78 is 36.8. The van der Waals surface area contributed by atoms with Crippen LogP contribution in [0, 0.1) is 11.3 Å². The summed E-state index contributed by atoms with van der Waals surface area (Å²) >= 11 is 6.46. The maximum absolute atomic E-state index is 13.2. The second-order valence-corrected chi connectivity index (χ2v) is 9.34. The lowest BCUT2D eigenvalue weighted by Crippen LogP contribution is -2.14. The molecule has 0 spiro atoms. The number of likely N-dealkylation sites (N-methyl/N-ethyl adjacent to an activating group) is 1. The van der Waals surface area contributed by atoms with Crippen LogP contribution in [0.4, 0.5) is 25.8 Å². The van der Waals surface area contributed by atoms with Crippen LogP contribution in [0.25, 0.3) is 10.9 Å². The lowest BCUT2D eigenvalue weighted by molar-refractivity contribution is -0.112. The minimum Gasteiger partial charge on any atom is -0.486 e. The number of aromatic nitrogens is 2. The highest BCUT2D eigenvalue weighted by Gasteiger charge is 2.18. The van der Waals surface area contributed by atoms with Crippen molar-refractivity contribution in [1.29, 1.82) is 5.26 Å². The van der Waals surface area contributed by atoms with Crippen LogP contribution in [0.3, 0.4) is 0 Å². The molecule has 0 radical (unpaired) electrons. The molecule has 12 heteroatoms. The fraction of sp³-hybridized carbons (Fsp3) is 0.172. The predicted octanol–water partition coefficient (Wildman–Crippen LogP) is 6.14. The molecule has 9 nitrogen and oxygen atoms in total. The number of nitriles is 1. The molecule has 1 amide bonds. The standard InChI is InChI=1S/C29H25ClF2N6O3/c1-38(2)11-5-7-27(39)37-24-13-21-23(14-26(24)41-29(31)32)35-16-18(15-33)28(21)36-19-8-9-25(22(30)12-19)40-17-20-6-3-4-10-34-20/h3-10,12-14,16,29H,11,17H2,1-2H3,(H,35,36)(H,37,39)/b7-5+. The molecular weight excluding hydrogens is 554 g/mol. The number of halogens is 3. The molecular formula is C29H25ClF2N6O3. The van der Waals surface area contributed by atoms with Gasteiger partial charge in [0.15, 0.2) is 5.75 Å². The van der Waals surface area contributed by atoms with E-state index < -0.39 is 12.5 Å². The molecule has 0 atom stereocenters. The fourth-order valence-corrected chi connectivity index (χ4v) is 3.99. The first-order valence-electron chi connectivity index (χ1n) is 12.3. The first-order chi connectivity index (χ1) is 19.7. The number of hydrogen-bond acceptors (Lipinski definition) is 8. The van der Waals surface area contributed by atoms with E-state index in [1.54, 1.807) is 30.5 Å². The molecule has 2 N–H and O–H groups in total. The second-order valence-electron chi connectivity index (χ2n) is 8.94. The molecule has 41 heavy (non-hydrogen) atoms. The summed E-state index contributed by atoms with van der Waals surface area (Å²) in [7, 11) is 3.68. The Hall–Kier alpha value is -4.79. The Morgan fingerprint density at radius 2 is 2.00 bits per heavy atom. The van der Waals surface area contributed by atoms with Crippen LogP contribution in [-0.2, 0) is 11.4 Å². The van der Waals surface area contributed by atoms with Crippen molar-refractivity contribution in [3.63, 3.8) is 0 Å². The van der Waals surface area contributed by atoms with Crippen molar-refractivity contribution in [3.8, 4) is 17.6 Å². The smallest absolute Gasteiger partial charge is 0.387 e. The van der Waals surface area contributed by atoms with Gasteiger partial charge < -0.3 is 25.0 Å². The highest BCUT2D eigenvalue weighted by molar-refractivity contribution is 6.32. The summed E-state index contributed by atoms with van der Waals surface area (Å²) in [6, 6.07) is 15.3. The van der Waals surface area contributed by atoms with Crippen LogP contribution < -0.4 is 20.1 Å². The summed E-state index contributed by atoms with van der Waals surface area (Å²) in [5.41, 5.74) is 2.00. The number of nitrogens with one attached hydrogen (secondary N) is 2. The minimum absolute atomic E-state index is 0.0199. The van der Waals surface area contributed by atoms with E-state index in [1.165, 1.54) is 24.4 Å². The number of benzene rings is 2. The molecule has 0 aliphatic rings. The maximum Gasteiger partial charge on any atom is 0.387 e. The highest BCUT2D eigenvalue weighted by atomic mass is 35.5. The lowest BCUT2D eigenvalue weighted by atomic mass is 10.1. The van der Waals surface area contributed by atoms with E-state index in [0.29, 0.717) is 34.1 Å². The zero-order chi connectivity index (χ0) is 29.4. The fourth-order valence-electron chi connectivity index (χ4n) is 3.75. The van der Waals surface area contributed by atoms with Crippen LogP contribution >= 0.6 is 11.6 Å². The Kier molecular flexibility index (Phi) is 9.63. The molecule has 0 unspecified atom stereocenters. The van der Waals surface area contributed by atoms with Crippen molar-refractivity contribution in [3.05, 3.63) is 89.4 Å². The molecule has 2 heterocycles. The number of fused-ring (bicyclic) bond motifs is 1. The molecule has 4 rings (SSSR count). The third-order valence-electron chi connectivity index (χ3n) is 5.61. The van der Waals surface area contributed by atoms with Crippen LogP contribution in [0.1, 0.15) is 11.3 Å². The predicted molar refractivity (Wildman–Crippen MR) is 153 cm³/mol. The monoisotopic (exact) mass is 578 g/mol. The molecule has 0 aliphatic heterocycles. The van der Waals surface area contributed by atoms with E-state index in [4.69, 9.17) is 16.3 Å². The summed E-state index contributed by atoms with van der Waals surface area (Å²) in [5, 5.41) is 16.2. The molecule has 2 aromatic carbocycles. The highest BCUT2D eigenvalue weighted by Crippen LogP contribution is 2.38. The quantitative estimate of drug-likeness (QED) is 0.204. The molecule has 0 saturated heterocycles. The molecule has 2 aromatic heterocycles. The summed E-state index contributed by atoms with van der Waals surface area (Å²) in [6.45, 7) is -2.41. The molecule has 0 bridgehead atoms. The van der Waals surface area contributed by atoms with Gasteiger partial charge in [-0.25, -0.2) is 0 Å². The van der Waals surface area contributed by atoms with Crippen molar-refractivity contribution in [1.82, 2.24) is 14.9 Å². The van der Waals surface area contributed by atoms with Gasteiger partial charge >= 0.3 is 6.61 Å². The van der Waals surface area contributed by atoms with Gasteiger partial charge in [-0.05, 0) is 50.5 Å². The normalized spacial score (nSPS) is 11.2. The largest absolute Gasteiger partial charge is 0.486 e. The Labute approximate surface area is 240 Å². The van der Waals surface area contributed by atoms with E-state index in [-0.39, 0.29) is 29.1 Å². The SMILES string of the molecule is CN(C)C/C=C/C(=O)Nc1cc2c(Nc3ccc(OCc4ccccn4)c(Cl)c3)c(C#N)cnc2cc1OC(F)F. The summed E-state index contributed by atoms with van der Waals surface area (Å²) in [4.78, 5) is 22.8. The van der Waals surface area contributed by atoms with Gasteiger partial charge in [0.05, 0.1) is 33.2 Å². The van der Waals surface area contributed by atoms with Crippen LogP contribution in [0.5, 0.6) is 11.5 Å². The zero-order valence-electron chi connectivity index (χ0n) is 22.1. The van der Waals surface area contributed by atoms with Crippen molar-refractivity contribution in [2.75, 3.05) is 31.3 Å². The molecule has 0 fully saturated rings. The van der Waals surface area contributed by atoms with E-state index in [9.17, 15) is 18.8 Å². The number of hydrogen-bond donors (Lipinski definition) is 2. The van der Waals surface area contributed by atoms with Crippen molar-refractivity contribution in [2.45, 2.75) is 13.2 Å². The Morgan fingerprint density at radius 1 is 1.17 bits per heavy atom. The van der Waals surface area contributed by atoms with Crippen LogP contribution in [-0.4, -0.2) is 48.0 Å². The number of rotatable bonds is 11. The van der Waals surface area contributed by atoms with E-state index in [2.05, 4.69) is 31.4 Å². The summed E-state index contributed by atoms with van der Waals surface area (Å²) in [5.74, 6) is -0.385. The molecule has 0 saturated carbocycles. The lowest BCUT2D eigenvalue weighted by Gasteiger charge is -2.16. The number of nitrogens with zero attached hydrogens (tertiary/aromatic N) is 4. The van der Waals surface area contributed by atoms with Crippen molar-refractivity contribution >= 4 is 45.5 Å². The molecule has 210 valence electrons. The summed E-state index contributed by atoms with van der Waals surface area (Å²) in [6.07, 6.45) is 5.89. The van der Waals surface area contributed by atoms with Gasteiger partial charge in [-0.1, -0.05) is 23.7 Å². The number of amides is 1. The van der Waals surface area contributed by atoms with E-state index >= 15 is 0 Å². The maximum atomic E-state index is 13.2. The number of alkyl halides is 2. The Morgan fingerprint density at radius 3 is 2.68 bits per heavy atom. The second kappa shape index (κ2) is 13.5. The first kappa shape index (κ1) is 29.2. The zero-order valence-corrected chi connectivity index (χ0v) is 22.8. The molecule has 0 aliphatic carbocycles. The number of pyridine rings is 2. The van der Waals surface area contributed by atoms with Crippen LogP contribution in [0.2, 0.25) is 5.02 Å². The van der Waals surface area contributed by atoms with Gasteiger partial charge in [-0.2, -0.15) is 14.0 Å². The number of ether oxygens (including phenoxy) is 2. The van der Waals surface area contributed by atoms with Gasteiger partial charge in [0, 0.05) is 42.2 Å².